The molecular formula is C18H26N2O3. The maximum absolute atomic E-state index is 12.1. The Morgan fingerprint density at radius 3 is 2.61 bits per heavy atom. The van der Waals surface area contributed by atoms with Gasteiger partial charge in [0, 0.05) is 13.1 Å². The van der Waals surface area contributed by atoms with E-state index in [9.17, 15) is 4.79 Å². The molecular weight excluding hydrogens is 292 g/mol. The lowest BCUT2D eigenvalue weighted by atomic mass is 9.72. The molecule has 5 nitrogen and oxygen atoms in total. The number of hydroxylamine groups is 1. The smallest absolute Gasteiger partial charge is 0.260 e. The molecule has 1 aromatic carbocycles. The average Bonchev–Trinajstić information content (AvgIpc) is 2.93. The largest absolute Gasteiger partial charge is 0.497 e. The minimum atomic E-state index is -0.277. The van der Waals surface area contributed by atoms with Crippen LogP contribution in [0.5, 0.6) is 5.75 Å². The van der Waals surface area contributed by atoms with Crippen molar-refractivity contribution in [3.8, 4) is 5.75 Å². The number of carbonyl (C=O) groups excluding carboxylic acids is 1. The second kappa shape index (κ2) is 6.89. The van der Waals surface area contributed by atoms with E-state index in [2.05, 4.69) is 4.90 Å². The molecule has 1 unspecified atom stereocenters. The molecule has 2 N–H and O–H groups in total. The zero-order valence-corrected chi connectivity index (χ0v) is 13.8. The minimum Gasteiger partial charge on any atom is -0.497 e. The average molecular weight is 318 g/mol. The van der Waals surface area contributed by atoms with Gasteiger partial charge in [-0.1, -0.05) is 31.4 Å². The summed E-state index contributed by atoms with van der Waals surface area (Å²) in [6, 6.07) is 7.74. The first kappa shape index (κ1) is 16.3. The summed E-state index contributed by atoms with van der Waals surface area (Å²) in [5, 5.41) is 9.09. The molecule has 2 aliphatic rings. The van der Waals surface area contributed by atoms with E-state index >= 15 is 0 Å². The molecule has 1 atom stereocenters. The second-order valence-electron chi connectivity index (χ2n) is 7.01. The van der Waals surface area contributed by atoms with Crippen LogP contribution in [0.4, 0.5) is 0 Å². The van der Waals surface area contributed by atoms with Gasteiger partial charge in [0.1, 0.15) is 5.75 Å². The van der Waals surface area contributed by atoms with E-state index in [1.54, 1.807) is 7.11 Å². The lowest BCUT2D eigenvalue weighted by Crippen LogP contribution is -2.41. The van der Waals surface area contributed by atoms with E-state index < -0.39 is 0 Å². The van der Waals surface area contributed by atoms with Gasteiger partial charge in [-0.05, 0) is 42.4 Å². The van der Waals surface area contributed by atoms with E-state index in [0.29, 0.717) is 0 Å². The summed E-state index contributed by atoms with van der Waals surface area (Å²) < 4.78 is 5.20. The van der Waals surface area contributed by atoms with Crippen LogP contribution in [0.15, 0.2) is 24.3 Å². The van der Waals surface area contributed by atoms with Crippen molar-refractivity contribution in [1.29, 1.82) is 0 Å². The first-order valence-corrected chi connectivity index (χ1v) is 8.47. The zero-order valence-electron chi connectivity index (χ0n) is 13.8. The third kappa shape index (κ3) is 3.51. The van der Waals surface area contributed by atoms with Crippen molar-refractivity contribution >= 4 is 5.91 Å². The van der Waals surface area contributed by atoms with E-state index in [1.165, 1.54) is 32.1 Å². The van der Waals surface area contributed by atoms with Crippen molar-refractivity contribution < 1.29 is 14.7 Å². The molecule has 23 heavy (non-hydrogen) atoms. The van der Waals surface area contributed by atoms with Gasteiger partial charge >= 0.3 is 0 Å². The third-order valence-corrected chi connectivity index (χ3v) is 5.48. The quantitative estimate of drug-likeness (QED) is 0.662. The Bertz CT molecular complexity index is 538. The van der Waals surface area contributed by atoms with Crippen LogP contribution in [0.3, 0.4) is 0 Å². The first-order valence-electron chi connectivity index (χ1n) is 8.47. The van der Waals surface area contributed by atoms with Crippen LogP contribution in [-0.4, -0.2) is 35.7 Å². The maximum atomic E-state index is 12.1. The highest BCUT2D eigenvalue weighted by Crippen LogP contribution is 2.46. The van der Waals surface area contributed by atoms with Gasteiger partial charge in [0.15, 0.2) is 0 Å². The van der Waals surface area contributed by atoms with Crippen LogP contribution in [0.25, 0.3) is 0 Å². The van der Waals surface area contributed by atoms with E-state index in [4.69, 9.17) is 9.94 Å². The van der Waals surface area contributed by atoms with E-state index in [-0.39, 0.29) is 17.4 Å². The molecule has 1 aromatic rings. The summed E-state index contributed by atoms with van der Waals surface area (Å²) in [5.41, 5.74) is 3.28. The summed E-state index contributed by atoms with van der Waals surface area (Å²) >= 11 is 0. The molecule has 1 amide bonds. The summed E-state index contributed by atoms with van der Waals surface area (Å²) in [6.07, 6.45) is 7.06. The highest BCUT2D eigenvalue weighted by Gasteiger charge is 2.46. The molecule has 126 valence electrons. The molecule has 0 aromatic heterocycles. The predicted octanol–water partition coefficient (Wildman–Crippen LogP) is 2.73. The van der Waals surface area contributed by atoms with Crippen LogP contribution < -0.4 is 10.2 Å². The van der Waals surface area contributed by atoms with Gasteiger partial charge in [0.05, 0.1) is 13.2 Å². The monoisotopic (exact) mass is 318 g/mol. The number of hydrogen-bond donors (Lipinski definition) is 2. The van der Waals surface area contributed by atoms with Crippen molar-refractivity contribution in [2.75, 3.05) is 13.7 Å². The van der Waals surface area contributed by atoms with Gasteiger partial charge in [-0.25, -0.2) is 5.48 Å². The zero-order chi connectivity index (χ0) is 16.3. The normalized spacial score (nSPS) is 23.8. The molecule has 2 fully saturated rings. The van der Waals surface area contributed by atoms with Gasteiger partial charge in [0.25, 0.3) is 5.91 Å². The van der Waals surface area contributed by atoms with E-state index in [0.717, 1.165) is 30.8 Å². The molecule has 0 bridgehead atoms. The molecule has 3 rings (SSSR count). The van der Waals surface area contributed by atoms with Crippen molar-refractivity contribution in [2.45, 2.75) is 51.1 Å². The van der Waals surface area contributed by atoms with Gasteiger partial charge < -0.3 is 4.74 Å². The molecule has 1 spiro atoms. The number of methoxy groups -OCH3 is 1. The Hall–Kier alpha value is -1.59. The van der Waals surface area contributed by atoms with Crippen LogP contribution >= 0.6 is 0 Å². The van der Waals surface area contributed by atoms with Gasteiger partial charge in [-0.3, -0.25) is 14.9 Å². The van der Waals surface area contributed by atoms with Crippen molar-refractivity contribution in [3.05, 3.63) is 29.8 Å². The Kier molecular flexibility index (Phi) is 4.87. The van der Waals surface area contributed by atoms with Crippen LogP contribution in [0.2, 0.25) is 0 Å². The number of carbonyl (C=O) groups is 1. The molecule has 1 saturated carbocycles. The van der Waals surface area contributed by atoms with Crippen molar-refractivity contribution in [3.63, 3.8) is 0 Å². The molecule has 1 aliphatic heterocycles. The maximum Gasteiger partial charge on any atom is 0.260 e. The van der Waals surface area contributed by atoms with Gasteiger partial charge in [-0.15, -0.1) is 0 Å². The number of amides is 1. The molecule has 1 aliphatic carbocycles. The van der Waals surface area contributed by atoms with Crippen LogP contribution in [0, 0.1) is 5.41 Å². The Morgan fingerprint density at radius 2 is 2.00 bits per heavy atom. The molecule has 1 heterocycles. The molecule has 5 heteroatoms. The lowest BCUT2D eigenvalue weighted by molar-refractivity contribution is -0.134. The van der Waals surface area contributed by atoms with Crippen LogP contribution in [0.1, 0.15) is 44.1 Å². The Labute approximate surface area is 137 Å². The Balaban J connectivity index is 1.75. The fourth-order valence-electron chi connectivity index (χ4n) is 4.27. The SMILES string of the molecule is COc1ccc(CN2CC3(CCCCC3)CC2C(=O)NO)cc1. The number of likely N-dealkylation sites (tertiary alicyclic amines) is 1. The molecule has 0 radical (unpaired) electrons. The second-order valence-corrected chi connectivity index (χ2v) is 7.01. The highest BCUT2D eigenvalue weighted by atomic mass is 16.5. The third-order valence-electron chi connectivity index (χ3n) is 5.48. The highest BCUT2D eigenvalue weighted by molar-refractivity contribution is 5.81. The van der Waals surface area contributed by atoms with Crippen LogP contribution in [-0.2, 0) is 11.3 Å². The summed E-state index contributed by atoms with van der Waals surface area (Å²) in [7, 11) is 1.66. The number of benzene rings is 1. The lowest BCUT2D eigenvalue weighted by Gasteiger charge is -2.33. The number of ether oxygens (including phenoxy) is 1. The summed E-state index contributed by atoms with van der Waals surface area (Å²) in [4.78, 5) is 14.3. The number of nitrogens with zero attached hydrogens (tertiary/aromatic N) is 1. The minimum absolute atomic E-state index is 0.236. The number of rotatable bonds is 4. The predicted molar refractivity (Wildman–Crippen MR) is 87.3 cm³/mol. The molecule has 1 saturated heterocycles. The number of hydrogen-bond acceptors (Lipinski definition) is 4. The number of nitrogens with one attached hydrogen (secondary N) is 1. The van der Waals surface area contributed by atoms with E-state index in [1.807, 2.05) is 29.7 Å². The first-order chi connectivity index (χ1) is 11.2. The summed E-state index contributed by atoms with van der Waals surface area (Å²) in [5.74, 6) is 0.560. The fourth-order valence-corrected chi connectivity index (χ4v) is 4.27. The van der Waals surface area contributed by atoms with Crippen molar-refractivity contribution in [2.24, 2.45) is 5.41 Å². The topological polar surface area (TPSA) is 61.8 Å². The van der Waals surface area contributed by atoms with Gasteiger partial charge in [-0.2, -0.15) is 0 Å². The summed E-state index contributed by atoms with van der Waals surface area (Å²) in [6.45, 7) is 1.67. The van der Waals surface area contributed by atoms with Gasteiger partial charge in [0.2, 0.25) is 0 Å². The fraction of sp³-hybridized carbons (Fsp3) is 0.611. The standard InChI is InChI=1S/C18H26N2O3/c1-23-15-7-5-14(6-8-15)12-20-13-18(9-3-2-4-10-18)11-16(20)17(21)19-22/h5-8,16,22H,2-4,9-13H2,1H3,(H,19,21). The Morgan fingerprint density at radius 1 is 1.30 bits per heavy atom. The van der Waals surface area contributed by atoms with Crippen molar-refractivity contribution in [1.82, 2.24) is 10.4 Å².